The van der Waals surface area contributed by atoms with Crippen molar-refractivity contribution in [3.05, 3.63) is 81.2 Å². The largest absolute Gasteiger partial charge is 0.497 e. The van der Waals surface area contributed by atoms with Gasteiger partial charge in [-0.3, -0.25) is 25.0 Å². The molecule has 1 N–H and O–H groups in total. The molecule has 11 heteroatoms. The van der Waals surface area contributed by atoms with Crippen LogP contribution in [0.1, 0.15) is 17.0 Å². The van der Waals surface area contributed by atoms with Crippen molar-refractivity contribution in [2.45, 2.75) is 13.8 Å². The number of benzene rings is 2. The van der Waals surface area contributed by atoms with Gasteiger partial charge in [0.05, 0.1) is 24.8 Å². The normalized spacial score (nSPS) is 14.7. The van der Waals surface area contributed by atoms with E-state index in [4.69, 9.17) is 21.7 Å². The van der Waals surface area contributed by atoms with Crippen LogP contribution >= 0.6 is 12.2 Å². The fourth-order valence-corrected chi connectivity index (χ4v) is 4.33. The highest BCUT2D eigenvalue weighted by Crippen LogP contribution is 2.35. The van der Waals surface area contributed by atoms with Crippen molar-refractivity contribution in [2.24, 2.45) is 0 Å². The van der Waals surface area contributed by atoms with Gasteiger partial charge in [-0.05, 0) is 68.0 Å². The van der Waals surface area contributed by atoms with Gasteiger partial charge in [0.1, 0.15) is 17.1 Å². The standard InChI is InChI=1S/C25H22N4O6S/c1-14-11-16(15(2)27(14)17-5-7-18(8-6-17)29(32)33)12-20-23(30)26-25(36)28(24(20)31)21-10-9-19(34-3)13-22(21)35-4/h5-13H,1-4H3,(H,26,30,36)/b20-12-. The number of rotatable bonds is 6. The zero-order chi connectivity index (χ0) is 26.1. The van der Waals surface area contributed by atoms with Gasteiger partial charge in [-0.2, -0.15) is 0 Å². The van der Waals surface area contributed by atoms with Crippen LogP contribution in [0, 0.1) is 24.0 Å². The lowest BCUT2D eigenvalue weighted by atomic mass is 10.1. The molecule has 0 saturated carbocycles. The zero-order valence-electron chi connectivity index (χ0n) is 19.9. The number of amides is 2. The Kier molecular flexibility index (Phi) is 6.58. The Morgan fingerprint density at radius 1 is 1.03 bits per heavy atom. The van der Waals surface area contributed by atoms with E-state index >= 15 is 0 Å². The van der Waals surface area contributed by atoms with Gasteiger partial charge in [-0.25, -0.2) is 4.90 Å². The van der Waals surface area contributed by atoms with Crippen LogP contribution in [0.4, 0.5) is 11.4 Å². The van der Waals surface area contributed by atoms with E-state index in [9.17, 15) is 19.7 Å². The van der Waals surface area contributed by atoms with Crippen LogP contribution in [-0.2, 0) is 9.59 Å². The molecular weight excluding hydrogens is 484 g/mol. The molecule has 1 aliphatic rings. The molecule has 184 valence electrons. The van der Waals surface area contributed by atoms with Crippen molar-refractivity contribution in [2.75, 3.05) is 19.1 Å². The number of nitro benzene ring substituents is 1. The number of hydrogen-bond donors (Lipinski definition) is 1. The van der Waals surface area contributed by atoms with Gasteiger partial charge in [-0.1, -0.05) is 0 Å². The van der Waals surface area contributed by atoms with Crippen LogP contribution in [-0.4, -0.2) is 40.6 Å². The van der Waals surface area contributed by atoms with Crippen LogP contribution in [0.5, 0.6) is 11.5 Å². The number of non-ortho nitro benzene ring substituents is 1. The molecule has 0 radical (unpaired) electrons. The minimum atomic E-state index is -0.617. The van der Waals surface area contributed by atoms with Gasteiger partial charge in [0.15, 0.2) is 5.11 Å². The number of thiocarbonyl (C=S) groups is 1. The van der Waals surface area contributed by atoms with Gasteiger partial charge < -0.3 is 14.0 Å². The predicted molar refractivity (Wildman–Crippen MR) is 138 cm³/mol. The maximum Gasteiger partial charge on any atom is 0.270 e. The van der Waals surface area contributed by atoms with Crippen LogP contribution in [0.2, 0.25) is 0 Å². The van der Waals surface area contributed by atoms with Crippen molar-refractivity contribution < 1.29 is 24.0 Å². The van der Waals surface area contributed by atoms with Gasteiger partial charge in [0, 0.05) is 35.3 Å². The van der Waals surface area contributed by atoms with Crippen molar-refractivity contribution >= 4 is 46.6 Å². The highest BCUT2D eigenvalue weighted by atomic mass is 32.1. The number of nitrogens with one attached hydrogen (secondary N) is 1. The Morgan fingerprint density at radius 2 is 1.72 bits per heavy atom. The third-order valence-electron chi connectivity index (χ3n) is 5.82. The molecule has 36 heavy (non-hydrogen) atoms. The first kappa shape index (κ1) is 24.6. The molecule has 1 fully saturated rings. The topological polar surface area (TPSA) is 116 Å². The first-order valence-electron chi connectivity index (χ1n) is 10.7. The Bertz CT molecular complexity index is 1440. The second kappa shape index (κ2) is 9.62. The fourth-order valence-electron chi connectivity index (χ4n) is 4.06. The zero-order valence-corrected chi connectivity index (χ0v) is 20.7. The maximum absolute atomic E-state index is 13.5. The van der Waals surface area contributed by atoms with Gasteiger partial charge >= 0.3 is 0 Å². The van der Waals surface area contributed by atoms with E-state index in [1.54, 1.807) is 30.3 Å². The van der Waals surface area contributed by atoms with Crippen molar-refractivity contribution in [3.63, 3.8) is 0 Å². The average Bonchev–Trinajstić information content (AvgIpc) is 3.14. The molecule has 2 aromatic carbocycles. The van der Waals surface area contributed by atoms with Crippen molar-refractivity contribution in [3.8, 4) is 17.2 Å². The lowest BCUT2D eigenvalue weighted by Crippen LogP contribution is -2.54. The number of hydrogen-bond acceptors (Lipinski definition) is 7. The van der Waals surface area contributed by atoms with Gasteiger partial charge in [-0.15, -0.1) is 0 Å². The summed E-state index contributed by atoms with van der Waals surface area (Å²) in [6.07, 6.45) is 1.51. The van der Waals surface area contributed by atoms with Crippen molar-refractivity contribution in [1.29, 1.82) is 0 Å². The van der Waals surface area contributed by atoms with E-state index < -0.39 is 16.7 Å². The number of nitrogens with zero attached hydrogens (tertiary/aromatic N) is 3. The molecule has 0 atom stereocenters. The number of anilines is 1. The molecule has 0 bridgehead atoms. The number of carbonyl (C=O) groups is 2. The molecule has 0 aliphatic carbocycles. The molecule has 1 aliphatic heterocycles. The lowest BCUT2D eigenvalue weighted by Gasteiger charge is -2.30. The van der Waals surface area contributed by atoms with E-state index in [-0.39, 0.29) is 16.4 Å². The summed E-state index contributed by atoms with van der Waals surface area (Å²) in [6, 6.07) is 12.9. The summed E-state index contributed by atoms with van der Waals surface area (Å²) in [4.78, 5) is 38.0. The number of methoxy groups -OCH3 is 2. The first-order chi connectivity index (χ1) is 17.2. The Hall–Kier alpha value is -4.51. The summed E-state index contributed by atoms with van der Waals surface area (Å²) < 4.78 is 12.5. The Morgan fingerprint density at radius 3 is 2.33 bits per heavy atom. The average molecular weight is 507 g/mol. The predicted octanol–water partition coefficient (Wildman–Crippen LogP) is 3.85. The van der Waals surface area contributed by atoms with E-state index in [0.717, 1.165) is 11.4 Å². The third-order valence-corrected chi connectivity index (χ3v) is 6.10. The molecule has 10 nitrogen and oxygen atoms in total. The maximum atomic E-state index is 13.5. The van der Waals surface area contributed by atoms with E-state index in [1.165, 1.54) is 37.3 Å². The number of ether oxygens (including phenoxy) is 2. The molecule has 0 spiro atoms. The highest BCUT2D eigenvalue weighted by Gasteiger charge is 2.36. The third kappa shape index (κ3) is 4.31. The summed E-state index contributed by atoms with van der Waals surface area (Å²) in [5, 5.41) is 13.5. The number of carbonyl (C=O) groups excluding carboxylic acids is 2. The number of nitro groups is 1. The fraction of sp³-hybridized carbons (Fsp3) is 0.160. The van der Waals surface area contributed by atoms with E-state index in [2.05, 4.69) is 5.32 Å². The van der Waals surface area contributed by atoms with Crippen LogP contribution < -0.4 is 19.7 Å². The molecule has 0 unspecified atom stereocenters. The van der Waals surface area contributed by atoms with Gasteiger partial charge in [0.2, 0.25) is 0 Å². The van der Waals surface area contributed by atoms with Gasteiger partial charge in [0.25, 0.3) is 17.5 Å². The first-order valence-corrected chi connectivity index (χ1v) is 11.1. The summed E-state index contributed by atoms with van der Waals surface area (Å²) >= 11 is 5.30. The summed E-state index contributed by atoms with van der Waals surface area (Å²) in [6.45, 7) is 3.70. The van der Waals surface area contributed by atoms with Crippen LogP contribution in [0.15, 0.2) is 54.1 Å². The second-order valence-corrected chi connectivity index (χ2v) is 8.32. The SMILES string of the molecule is COc1ccc(N2C(=O)/C(=C\c3cc(C)n(-c4ccc([N+](=O)[O-])cc4)c3C)C(=O)NC2=S)c(OC)c1. The lowest BCUT2D eigenvalue weighted by molar-refractivity contribution is -0.384. The molecule has 1 aromatic heterocycles. The summed E-state index contributed by atoms with van der Waals surface area (Å²) in [7, 11) is 2.97. The summed E-state index contributed by atoms with van der Waals surface area (Å²) in [5.41, 5.74) is 3.15. The quantitative estimate of drug-likeness (QED) is 0.177. The molecule has 3 aromatic rings. The molecule has 4 rings (SSSR count). The molecular formula is C25H22N4O6S. The second-order valence-electron chi connectivity index (χ2n) is 7.93. The highest BCUT2D eigenvalue weighted by molar-refractivity contribution is 7.80. The number of aromatic nitrogens is 1. The van der Waals surface area contributed by atoms with Crippen LogP contribution in [0.25, 0.3) is 11.8 Å². The smallest absolute Gasteiger partial charge is 0.270 e. The molecule has 2 heterocycles. The Labute approximate surface area is 211 Å². The molecule has 2 amide bonds. The van der Waals surface area contributed by atoms with E-state index in [1.807, 2.05) is 24.5 Å². The van der Waals surface area contributed by atoms with Crippen molar-refractivity contribution in [1.82, 2.24) is 9.88 Å². The minimum Gasteiger partial charge on any atom is -0.497 e. The number of aryl methyl sites for hydroxylation is 1. The Balaban J connectivity index is 1.75. The summed E-state index contributed by atoms with van der Waals surface area (Å²) in [5.74, 6) is -0.345. The minimum absolute atomic E-state index is 0.0157. The monoisotopic (exact) mass is 506 g/mol. The van der Waals surface area contributed by atoms with Crippen LogP contribution in [0.3, 0.4) is 0 Å². The van der Waals surface area contributed by atoms with E-state index in [0.29, 0.717) is 28.4 Å². The molecule has 1 saturated heterocycles.